The molecule has 0 saturated heterocycles. The van der Waals surface area contributed by atoms with E-state index in [0.29, 0.717) is 11.3 Å². The highest BCUT2D eigenvalue weighted by atomic mass is 79.9. The quantitative estimate of drug-likeness (QED) is 0.858. The highest BCUT2D eigenvalue weighted by Gasteiger charge is 2.15. The predicted octanol–water partition coefficient (Wildman–Crippen LogP) is 3.56. The van der Waals surface area contributed by atoms with Gasteiger partial charge in [-0.15, -0.1) is 0 Å². The summed E-state index contributed by atoms with van der Waals surface area (Å²) in [6, 6.07) is 9.94. The lowest BCUT2D eigenvalue weighted by molar-refractivity contribution is 0.0778. The minimum absolute atomic E-state index is 0.194. The molecule has 0 spiro atoms. The second-order valence-electron chi connectivity index (χ2n) is 4.56. The minimum Gasteiger partial charge on any atom is -0.336 e. The van der Waals surface area contributed by atoms with Crippen LogP contribution >= 0.6 is 15.9 Å². The number of carbonyl (C=O) groups excluding carboxylic acids is 1. The summed E-state index contributed by atoms with van der Waals surface area (Å²) in [6.07, 6.45) is 0. The molecule has 2 aromatic rings. The van der Waals surface area contributed by atoms with E-state index in [1.54, 1.807) is 31.3 Å². The van der Waals surface area contributed by atoms with Crippen LogP contribution in [0, 0.1) is 12.7 Å². The molecule has 3 nitrogen and oxygen atoms in total. The number of halogens is 2. The number of benzene rings is 1. The predicted molar refractivity (Wildman–Crippen MR) is 78.9 cm³/mol. The van der Waals surface area contributed by atoms with Crippen LogP contribution in [0.4, 0.5) is 4.39 Å². The Balaban J connectivity index is 2.17. The molecule has 0 atom stereocenters. The van der Waals surface area contributed by atoms with E-state index in [1.165, 1.54) is 11.0 Å². The maximum atomic E-state index is 13.7. The van der Waals surface area contributed by atoms with Gasteiger partial charge >= 0.3 is 0 Å². The maximum absolute atomic E-state index is 13.7. The molecule has 1 aromatic heterocycles. The van der Waals surface area contributed by atoms with Gasteiger partial charge in [-0.05, 0) is 37.3 Å². The molecule has 0 bridgehead atoms. The van der Waals surface area contributed by atoms with Crippen LogP contribution in [0.5, 0.6) is 0 Å². The minimum atomic E-state index is -0.329. The number of aryl methyl sites for hydroxylation is 1. The molecule has 5 heteroatoms. The first-order chi connectivity index (χ1) is 9.47. The summed E-state index contributed by atoms with van der Waals surface area (Å²) >= 11 is 3.30. The lowest BCUT2D eigenvalue weighted by atomic mass is 10.2. The van der Waals surface area contributed by atoms with Crippen molar-refractivity contribution in [2.75, 3.05) is 7.05 Å². The van der Waals surface area contributed by atoms with Crippen molar-refractivity contribution in [2.24, 2.45) is 0 Å². The number of pyridine rings is 1. The standard InChI is InChI=1S/C15H14BrFN2O/c1-10-4-3-5-14(18-10)15(20)19(2)9-11-8-12(16)6-7-13(11)17/h3-8H,9H2,1-2H3. The van der Waals surface area contributed by atoms with Crippen molar-refractivity contribution in [1.82, 2.24) is 9.88 Å². The molecular formula is C15H14BrFN2O. The zero-order chi connectivity index (χ0) is 14.7. The molecule has 1 amide bonds. The highest BCUT2D eigenvalue weighted by molar-refractivity contribution is 9.10. The first-order valence-corrected chi connectivity index (χ1v) is 6.89. The SMILES string of the molecule is Cc1cccc(C(=O)N(C)Cc2cc(Br)ccc2F)n1. The van der Waals surface area contributed by atoms with Crippen molar-refractivity contribution < 1.29 is 9.18 Å². The van der Waals surface area contributed by atoms with Gasteiger partial charge in [0.25, 0.3) is 5.91 Å². The van der Waals surface area contributed by atoms with E-state index in [2.05, 4.69) is 20.9 Å². The molecule has 2 rings (SSSR count). The molecule has 1 heterocycles. The third kappa shape index (κ3) is 3.42. The van der Waals surface area contributed by atoms with E-state index in [0.717, 1.165) is 10.2 Å². The van der Waals surface area contributed by atoms with Gasteiger partial charge in [0, 0.05) is 29.3 Å². The van der Waals surface area contributed by atoms with Crippen LogP contribution in [0.3, 0.4) is 0 Å². The van der Waals surface area contributed by atoms with Crippen LogP contribution in [-0.2, 0) is 6.54 Å². The summed E-state index contributed by atoms with van der Waals surface area (Å²) < 4.78 is 14.5. The zero-order valence-corrected chi connectivity index (χ0v) is 12.8. The van der Waals surface area contributed by atoms with Crippen molar-refractivity contribution in [3.05, 3.63) is 63.6 Å². The van der Waals surface area contributed by atoms with Gasteiger partial charge in [-0.2, -0.15) is 0 Å². The van der Waals surface area contributed by atoms with Crippen molar-refractivity contribution >= 4 is 21.8 Å². The summed E-state index contributed by atoms with van der Waals surface area (Å²) in [5, 5.41) is 0. The van der Waals surface area contributed by atoms with Crippen LogP contribution in [0.2, 0.25) is 0 Å². The molecule has 0 aliphatic heterocycles. The van der Waals surface area contributed by atoms with Gasteiger partial charge in [0.05, 0.1) is 0 Å². The Labute approximate surface area is 125 Å². The van der Waals surface area contributed by atoms with E-state index < -0.39 is 0 Å². The van der Waals surface area contributed by atoms with Crippen LogP contribution in [0.25, 0.3) is 0 Å². The molecule has 0 fully saturated rings. The molecule has 0 N–H and O–H groups in total. The second-order valence-corrected chi connectivity index (χ2v) is 5.48. The summed E-state index contributed by atoms with van der Waals surface area (Å²) in [5.74, 6) is -0.557. The van der Waals surface area contributed by atoms with E-state index in [4.69, 9.17) is 0 Å². The first-order valence-electron chi connectivity index (χ1n) is 6.10. The van der Waals surface area contributed by atoms with Gasteiger partial charge in [0.2, 0.25) is 0 Å². The lowest BCUT2D eigenvalue weighted by Gasteiger charge is -2.17. The van der Waals surface area contributed by atoms with Gasteiger partial charge in [-0.3, -0.25) is 4.79 Å². The Morgan fingerprint density at radius 3 is 2.80 bits per heavy atom. The number of hydrogen-bond acceptors (Lipinski definition) is 2. The molecule has 0 saturated carbocycles. The Bertz CT molecular complexity index is 646. The highest BCUT2D eigenvalue weighted by Crippen LogP contribution is 2.17. The van der Waals surface area contributed by atoms with Crippen LogP contribution < -0.4 is 0 Å². The molecule has 0 unspecified atom stereocenters. The number of nitrogens with zero attached hydrogens (tertiary/aromatic N) is 2. The smallest absolute Gasteiger partial charge is 0.272 e. The molecule has 0 aliphatic carbocycles. The average molecular weight is 337 g/mol. The van der Waals surface area contributed by atoms with E-state index in [1.807, 2.05) is 13.0 Å². The summed E-state index contributed by atoms with van der Waals surface area (Å²) in [5.41, 5.74) is 1.60. The van der Waals surface area contributed by atoms with Gasteiger partial charge in [0.15, 0.2) is 0 Å². The Kier molecular flexibility index (Phi) is 4.49. The third-order valence-corrected chi connectivity index (χ3v) is 3.36. The Hall–Kier alpha value is -1.75. The fourth-order valence-electron chi connectivity index (χ4n) is 1.85. The van der Waals surface area contributed by atoms with Gasteiger partial charge in [-0.1, -0.05) is 22.0 Å². The maximum Gasteiger partial charge on any atom is 0.272 e. The Morgan fingerprint density at radius 1 is 1.35 bits per heavy atom. The fraction of sp³-hybridized carbons (Fsp3) is 0.200. The number of carbonyl (C=O) groups is 1. The average Bonchev–Trinajstić information content (AvgIpc) is 2.42. The molecule has 20 heavy (non-hydrogen) atoms. The van der Waals surface area contributed by atoms with E-state index >= 15 is 0 Å². The summed E-state index contributed by atoms with van der Waals surface area (Å²) in [6.45, 7) is 2.02. The fourth-order valence-corrected chi connectivity index (χ4v) is 2.26. The van der Waals surface area contributed by atoms with Crippen molar-refractivity contribution in [1.29, 1.82) is 0 Å². The molecule has 0 aliphatic rings. The monoisotopic (exact) mass is 336 g/mol. The van der Waals surface area contributed by atoms with Gasteiger partial charge in [-0.25, -0.2) is 9.37 Å². The van der Waals surface area contributed by atoms with Crippen molar-refractivity contribution in [2.45, 2.75) is 13.5 Å². The van der Waals surface area contributed by atoms with Gasteiger partial charge < -0.3 is 4.90 Å². The lowest BCUT2D eigenvalue weighted by Crippen LogP contribution is -2.27. The van der Waals surface area contributed by atoms with E-state index in [-0.39, 0.29) is 18.3 Å². The summed E-state index contributed by atoms with van der Waals surface area (Å²) in [4.78, 5) is 17.9. The topological polar surface area (TPSA) is 33.2 Å². The zero-order valence-electron chi connectivity index (χ0n) is 11.2. The van der Waals surface area contributed by atoms with Crippen LogP contribution in [0.1, 0.15) is 21.7 Å². The van der Waals surface area contributed by atoms with Crippen LogP contribution in [-0.4, -0.2) is 22.8 Å². The normalized spacial score (nSPS) is 10.4. The summed E-state index contributed by atoms with van der Waals surface area (Å²) in [7, 11) is 1.63. The first kappa shape index (κ1) is 14.7. The van der Waals surface area contributed by atoms with Crippen LogP contribution in [0.15, 0.2) is 40.9 Å². The molecule has 1 aromatic carbocycles. The van der Waals surface area contributed by atoms with Gasteiger partial charge in [0.1, 0.15) is 11.5 Å². The largest absolute Gasteiger partial charge is 0.336 e. The Morgan fingerprint density at radius 2 is 2.10 bits per heavy atom. The number of amides is 1. The number of hydrogen-bond donors (Lipinski definition) is 0. The second kappa shape index (κ2) is 6.13. The third-order valence-electron chi connectivity index (χ3n) is 2.87. The van der Waals surface area contributed by atoms with Crippen molar-refractivity contribution in [3.63, 3.8) is 0 Å². The van der Waals surface area contributed by atoms with E-state index in [9.17, 15) is 9.18 Å². The molecular weight excluding hydrogens is 323 g/mol. The number of rotatable bonds is 3. The number of aromatic nitrogens is 1. The van der Waals surface area contributed by atoms with Crippen molar-refractivity contribution in [3.8, 4) is 0 Å². The molecule has 104 valence electrons. The molecule has 0 radical (unpaired) electrons.